The van der Waals surface area contributed by atoms with Crippen LogP contribution in [0, 0.1) is 5.41 Å². The van der Waals surface area contributed by atoms with Crippen molar-refractivity contribution in [1.29, 1.82) is 5.41 Å². The van der Waals surface area contributed by atoms with Crippen molar-refractivity contribution in [3.05, 3.63) is 21.2 Å². The molecule has 0 unspecified atom stereocenters. The lowest BCUT2D eigenvalue weighted by atomic mass is 10.3. The van der Waals surface area contributed by atoms with Crippen LogP contribution < -0.4 is 16.2 Å². The SMILES string of the molecule is COCCN(CCC(=N)N)c1nc[nH]c(=O)c1Br. The first kappa shape index (κ1) is 14.7. The van der Waals surface area contributed by atoms with Crippen molar-refractivity contribution < 1.29 is 4.74 Å². The number of aromatic nitrogens is 2. The lowest BCUT2D eigenvalue weighted by Gasteiger charge is -2.23. The first-order valence-electron chi connectivity index (χ1n) is 5.36. The average molecular weight is 318 g/mol. The van der Waals surface area contributed by atoms with Crippen molar-refractivity contribution in [2.75, 3.05) is 31.7 Å². The number of nitrogens with two attached hydrogens (primary N) is 1. The third-order valence-electron chi connectivity index (χ3n) is 2.29. The number of rotatable bonds is 7. The summed E-state index contributed by atoms with van der Waals surface area (Å²) in [6.07, 6.45) is 1.75. The van der Waals surface area contributed by atoms with Gasteiger partial charge in [0.2, 0.25) is 0 Å². The van der Waals surface area contributed by atoms with Crippen molar-refractivity contribution >= 4 is 27.6 Å². The summed E-state index contributed by atoms with van der Waals surface area (Å²) in [4.78, 5) is 19.9. The Morgan fingerprint density at radius 3 is 3.00 bits per heavy atom. The highest BCUT2D eigenvalue weighted by atomic mass is 79.9. The summed E-state index contributed by atoms with van der Waals surface area (Å²) >= 11 is 3.21. The van der Waals surface area contributed by atoms with Gasteiger partial charge in [-0.3, -0.25) is 10.2 Å². The van der Waals surface area contributed by atoms with Crippen LogP contribution in [0.2, 0.25) is 0 Å². The number of methoxy groups -OCH3 is 1. The average Bonchev–Trinajstić information content (AvgIpc) is 2.33. The predicted molar refractivity (Wildman–Crippen MR) is 73.2 cm³/mol. The van der Waals surface area contributed by atoms with Crippen LogP contribution in [0.1, 0.15) is 6.42 Å². The Hall–Kier alpha value is -1.41. The number of hydrogen-bond donors (Lipinski definition) is 3. The van der Waals surface area contributed by atoms with E-state index in [-0.39, 0.29) is 11.4 Å². The van der Waals surface area contributed by atoms with Gasteiger partial charge in [0.15, 0.2) is 0 Å². The molecule has 0 bridgehead atoms. The van der Waals surface area contributed by atoms with Crippen LogP contribution in [-0.2, 0) is 4.74 Å². The number of anilines is 1. The van der Waals surface area contributed by atoms with Gasteiger partial charge in [0.25, 0.3) is 5.56 Å². The number of ether oxygens (including phenoxy) is 1. The molecular weight excluding hydrogens is 302 g/mol. The van der Waals surface area contributed by atoms with E-state index in [9.17, 15) is 4.79 Å². The Morgan fingerprint density at radius 2 is 2.39 bits per heavy atom. The molecule has 0 aromatic carbocycles. The number of halogens is 1. The van der Waals surface area contributed by atoms with Crippen LogP contribution in [0.5, 0.6) is 0 Å². The lowest BCUT2D eigenvalue weighted by molar-refractivity contribution is 0.205. The lowest BCUT2D eigenvalue weighted by Crippen LogP contribution is -2.33. The molecule has 0 amide bonds. The minimum absolute atomic E-state index is 0.0957. The molecule has 18 heavy (non-hydrogen) atoms. The molecular formula is C10H16BrN5O2. The maximum Gasteiger partial charge on any atom is 0.267 e. The minimum Gasteiger partial charge on any atom is -0.388 e. The second-order valence-corrected chi connectivity index (χ2v) is 4.42. The molecule has 0 saturated heterocycles. The number of aromatic amines is 1. The molecule has 100 valence electrons. The first-order valence-corrected chi connectivity index (χ1v) is 6.15. The van der Waals surface area contributed by atoms with Gasteiger partial charge in [-0.25, -0.2) is 4.98 Å². The van der Waals surface area contributed by atoms with E-state index in [2.05, 4.69) is 25.9 Å². The van der Waals surface area contributed by atoms with E-state index in [1.54, 1.807) is 7.11 Å². The maximum atomic E-state index is 11.5. The van der Waals surface area contributed by atoms with Crippen LogP contribution in [-0.4, -0.2) is 42.6 Å². The van der Waals surface area contributed by atoms with Crippen molar-refractivity contribution in [3.8, 4) is 0 Å². The van der Waals surface area contributed by atoms with Gasteiger partial charge in [-0.05, 0) is 15.9 Å². The largest absolute Gasteiger partial charge is 0.388 e. The van der Waals surface area contributed by atoms with Crippen molar-refractivity contribution in [2.24, 2.45) is 5.73 Å². The van der Waals surface area contributed by atoms with Gasteiger partial charge >= 0.3 is 0 Å². The molecule has 0 radical (unpaired) electrons. The van der Waals surface area contributed by atoms with Gasteiger partial charge in [-0.2, -0.15) is 0 Å². The van der Waals surface area contributed by atoms with Gasteiger partial charge in [0.05, 0.1) is 18.8 Å². The number of amidine groups is 1. The van der Waals surface area contributed by atoms with Gasteiger partial charge in [0.1, 0.15) is 10.3 Å². The predicted octanol–water partition coefficient (Wildman–Crippen LogP) is 0.311. The summed E-state index contributed by atoms with van der Waals surface area (Å²) in [7, 11) is 1.60. The van der Waals surface area contributed by atoms with Gasteiger partial charge < -0.3 is 20.4 Å². The molecule has 0 spiro atoms. The summed E-state index contributed by atoms with van der Waals surface area (Å²) in [5.41, 5.74) is 5.10. The van der Waals surface area contributed by atoms with E-state index in [4.69, 9.17) is 15.9 Å². The van der Waals surface area contributed by atoms with Gasteiger partial charge in [0, 0.05) is 26.6 Å². The van der Waals surface area contributed by atoms with Crippen LogP contribution in [0.4, 0.5) is 5.82 Å². The van der Waals surface area contributed by atoms with Crippen molar-refractivity contribution in [2.45, 2.75) is 6.42 Å². The number of H-pyrrole nitrogens is 1. The highest BCUT2D eigenvalue weighted by molar-refractivity contribution is 9.10. The zero-order chi connectivity index (χ0) is 13.5. The third kappa shape index (κ3) is 4.11. The number of nitrogens with zero attached hydrogens (tertiary/aromatic N) is 2. The molecule has 0 aliphatic rings. The van der Waals surface area contributed by atoms with Crippen LogP contribution in [0.3, 0.4) is 0 Å². The normalized spacial score (nSPS) is 10.3. The monoisotopic (exact) mass is 317 g/mol. The third-order valence-corrected chi connectivity index (χ3v) is 3.01. The van der Waals surface area contributed by atoms with E-state index in [0.717, 1.165) is 0 Å². The summed E-state index contributed by atoms with van der Waals surface area (Å²) in [5.74, 6) is 0.621. The highest BCUT2D eigenvalue weighted by Gasteiger charge is 2.14. The van der Waals surface area contributed by atoms with E-state index in [1.807, 2.05) is 4.90 Å². The zero-order valence-electron chi connectivity index (χ0n) is 10.1. The summed E-state index contributed by atoms with van der Waals surface area (Å²) in [6.45, 7) is 1.57. The molecule has 0 fully saturated rings. The maximum absolute atomic E-state index is 11.5. The van der Waals surface area contributed by atoms with E-state index >= 15 is 0 Å². The molecule has 4 N–H and O–H groups in total. The molecule has 1 rings (SSSR count). The molecule has 0 aliphatic carbocycles. The molecule has 1 aromatic rings. The van der Waals surface area contributed by atoms with Crippen molar-refractivity contribution in [3.63, 3.8) is 0 Å². The standard InChI is InChI=1S/C10H16BrN5O2/c1-18-5-4-16(3-2-7(12)13)9-8(11)10(17)15-6-14-9/h6H,2-5H2,1H3,(H3,12,13)(H,14,15,17). The van der Waals surface area contributed by atoms with Crippen LogP contribution >= 0.6 is 15.9 Å². The summed E-state index contributed by atoms with van der Waals surface area (Å²) in [6, 6.07) is 0. The van der Waals surface area contributed by atoms with Crippen LogP contribution in [0.15, 0.2) is 15.6 Å². The first-order chi connectivity index (χ1) is 8.56. The second-order valence-electron chi connectivity index (χ2n) is 3.62. The fraction of sp³-hybridized carbons (Fsp3) is 0.500. The fourth-order valence-corrected chi connectivity index (χ4v) is 1.84. The molecule has 1 aromatic heterocycles. The quantitative estimate of drug-likeness (QED) is 0.495. The molecule has 8 heteroatoms. The Morgan fingerprint density at radius 1 is 1.67 bits per heavy atom. The highest BCUT2D eigenvalue weighted by Crippen LogP contribution is 2.18. The van der Waals surface area contributed by atoms with Crippen molar-refractivity contribution in [1.82, 2.24) is 9.97 Å². The molecule has 0 atom stereocenters. The number of nitrogens with one attached hydrogen (secondary N) is 2. The second kappa shape index (κ2) is 7.12. The van der Waals surface area contributed by atoms with E-state index in [0.29, 0.717) is 36.4 Å². The Bertz CT molecular complexity index is 462. The smallest absolute Gasteiger partial charge is 0.267 e. The number of hydrogen-bond acceptors (Lipinski definition) is 5. The van der Waals surface area contributed by atoms with Crippen LogP contribution in [0.25, 0.3) is 0 Å². The summed E-state index contributed by atoms with van der Waals surface area (Å²) < 4.78 is 5.38. The zero-order valence-corrected chi connectivity index (χ0v) is 11.7. The molecule has 1 heterocycles. The molecule has 0 aliphatic heterocycles. The Kier molecular flexibility index (Phi) is 5.79. The molecule has 7 nitrogen and oxygen atoms in total. The fourth-order valence-electron chi connectivity index (χ4n) is 1.37. The van der Waals surface area contributed by atoms with E-state index < -0.39 is 0 Å². The Balaban J connectivity index is 2.89. The van der Waals surface area contributed by atoms with Gasteiger partial charge in [-0.1, -0.05) is 0 Å². The minimum atomic E-state index is -0.245. The van der Waals surface area contributed by atoms with E-state index in [1.165, 1.54) is 6.33 Å². The summed E-state index contributed by atoms with van der Waals surface area (Å²) in [5, 5.41) is 7.24. The van der Waals surface area contributed by atoms with Gasteiger partial charge in [-0.15, -0.1) is 0 Å². The molecule has 0 saturated carbocycles. The Labute approximate surface area is 113 Å². The topological polar surface area (TPSA) is 108 Å².